The Morgan fingerprint density at radius 1 is 1.29 bits per heavy atom. The fourth-order valence-electron chi connectivity index (χ4n) is 1.56. The minimum Gasteiger partial charge on any atom is -0.308 e. The molecule has 0 bridgehead atoms. The second-order valence-corrected chi connectivity index (χ2v) is 4.44. The predicted molar refractivity (Wildman–Crippen MR) is 62.2 cm³/mol. The number of unbranched alkanes of at least 4 members (excludes halogenated alkanes) is 1. The van der Waals surface area contributed by atoms with E-state index in [1.165, 1.54) is 6.07 Å². The van der Waals surface area contributed by atoms with E-state index < -0.39 is 17.2 Å². The first kappa shape index (κ1) is 13.6. The molecule has 0 saturated carbocycles. The van der Waals surface area contributed by atoms with Crippen LogP contribution in [0.5, 0.6) is 0 Å². The van der Waals surface area contributed by atoms with Crippen LogP contribution in [0.25, 0.3) is 0 Å². The van der Waals surface area contributed by atoms with Gasteiger partial charge >= 0.3 is 0 Å². The first-order chi connectivity index (χ1) is 7.97. The van der Waals surface area contributed by atoms with E-state index in [4.69, 9.17) is 5.26 Å². The number of nitrogens with zero attached hydrogens (tertiary/aromatic N) is 1. The number of halogens is 2. The van der Waals surface area contributed by atoms with Gasteiger partial charge in [-0.3, -0.25) is 0 Å². The number of benzene rings is 1. The van der Waals surface area contributed by atoms with Crippen LogP contribution in [0.4, 0.5) is 8.78 Å². The third kappa shape index (κ3) is 3.79. The van der Waals surface area contributed by atoms with E-state index in [-0.39, 0.29) is 0 Å². The van der Waals surface area contributed by atoms with Gasteiger partial charge in [0.05, 0.1) is 6.07 Å². The van der Waals surface area contributed by atoms with Crippen molar-refractivity contribution >= 4 is 0 Å². The van der Waals surface area contributed by atoms with E-state index >= 15 is 0 Å². The molecule has 0 heterocycles. The van der Waals surface area contributed by atoms with Crippen molar-refractivity contribution in [2.24, 2.45) is 0 Å². The Morgan fingerprint density at radius 2 is 2.00 bits per heavy atom. The van der Waals surface area contributed by atoms with Gasteiger partial charge in [0.25, 0.3) is 0 Å². The maximum atomic E-state index is 13.1. The molecule has 0 aliphatic carbocycles. The Hall–Kier alpha value is -1.47. The minimum absolute atomic E-state index is 0.440. The summed E-state index contributed by atoms with van der Waals surface area (Å²) >= 11 is 0. The lowest BCUT2D eigenvalue weighted by atomic mass is 9.94. The number of nitriles is 1. The van der Waals surface area contributed by atoms with Crippen molar-refractivity contribution in [1.29, 1.82) is 5.26 Å². The molecule has 92 valence electrons. The molecule has 0 aliphatic rings. The molecule has 1 aromatic rings. The largest absolute Gasteiger partial charge is 0.308 e. The van der Waals surface area contributed by atoms with Crippen LogP contribution in [-0.2, 0) is 5.54 Å². The van der Waals surface area contributed by atoms with Crippen molar-refractivity contribution < 1.29 is 8.78 Å². The minimum atomic E-state index is -0.839. The summed E-state index contributed by atoms with van der Waals surface area (Å²) in [4.78, 5) is 0. The van der Waals surface area contributed by atoms with Crippen LogP contribution in [0.2, 0.25) is 0 Å². The highest BCUT2D eigenvalue weighted by atomic mass is 19.2. The molecular weight excluding hydrogens is 222 g/mol. The zero-order valence-electron chi connectivity index (χ0n) is 10.1. The SMILES string of the molecule is CC(C)(NCCCC#N)c1ccc(F)c(F)c1. The highest BCUT2D eigenvalue weighted by Crippen LogP contribution is 2.21. The Kier molecular flexibility index (Phi) is 4.59. The smallest absolute Gasteiger partial charge is 0.159 e. The first-order valence-corrected chi connectivity index (χ1v) is 5.55. The first-order valence-electron chi connectivity index (χ1n) is 5.55. The van der Waals surface area contributed by atoms with Crippen molar-refractivity contribution in [3.8, 4) is 6.07 Å². The molecule has 0 unspecified atom stereocenters. The van der Waals surface area contributed by atoms with Crippen LogP contribution >= 0.6 is 0 Å². The molecule has 1 aromatic carbocycles. The summed E-state index contributed by atoms with van der Waals surface area (Å²) in [6.45, 7) is 4.46. The third-order valence-corrected chi connectivity index (χ3v) is 2.67. The zero-order chi connectivity index (χ0) is 12.9. The van der Waals surface area contributed by atoms with Crippen LogP contribution < -0.4 is 5.32 Å². The summed E-state index contributed by atoms with van der Waals surface area (Å²) < 4.78 is 25.9. The van der Waals surface area contributed by atoms with Crippen LogP contribution in [0.1, 0.15) is 32.3 Å². The summed E-state index contributed by atoms with van der Waals surface area (Å²) in [5.74, 6) is -1.68. The van der Waals surface area contributed by atoms with E-state index in [2.05, 4.69) is 11.4 Å². The quantitative estimate of drug-likeness (QED) is 0.800. The molecule has 0 atom stereocenters. The lowest BCUT2D eigenvalue weighted by Gasteiger charge is -2.27. The highest BCUT2D eigenvalue weighted by molar-refractivity contribution is 5.24. The Morgan fingerprint density at radius 3 is 2.59 bits per heavy atom. The molecule has 17 heavy (non-hydrogen) atoms. The number of nitrogens with one attached hydrogen (secondary N) is 1. The normalized spacial score (nSPS) is 11.2. The monoisotopic (exact) mass is 238 g/mol. The molecule has 4 heteroatoms. The average molecular weight is 238 g/mol. The van der Waals surface area contributed by atoms with Crippen molar-refractivity contribution in [2.45, 2.75) is 32.2 Å². The molecule has 0 saturated heterocycles. The number of hydrogen-bond donors (Lipinski definition) is 1. The number of hydrogen-bond acceptors (Lipinski definition) is 2. The third-order valence-electron chi connectivity index (χ3n) is 2.67. The van der Waals surface area contributed by atoms with Gasteiger partial charge in [-0.1, -0.05) is 6.07 Å². The van der Waals surface area contributed by atoms with Gasteiger partial charge < -0.3 is 5.32 Å². The van der Waals surface area contributed by atoms with Crippen LogP contribution in [0.15, 0.2) is 18.2 Å². The van der Waals surface area contributed by atoms with E-state index in [0.717, 1.165) is 12.5 Å². The summed E-state index contributed by atoms with van der Waals surface area (Å²) in [5.41, 5.74) is 0.248. The van der Waals surface area contributed by atoms with Crippen molar-refractivity contribution in [2.75, 3.05) is 6.54 Å². The molecule has 0 aliphatic heterocycles. The molecule has 0 amide bonds. The van der Waals surface area contributed by atoms with E-state index in [1.807, 2.05) is 13.8 Å². The van der Waals surface area contributed by atoms with Crippen LogP contribution in [0, 0.1) is 23.0 Å². The van der Waals surface area contributed by atoms with Gasteiger partial charge in [-0.2, -0.15) is 5.26 Å². The summed E-state index contributed by atoms with van der Waals surface area (Å²) in [6.07, 6.45) is 1.23. The lowest BCUT2D eigenvalue weighted by Crippen LogP contribution is -2.37. The Labute approximate surface area is 100 Å². The van der Waals surface area contributed by atoms with E-state index in [1.54, 1.807) is 6.07 Å². The highest BCUT2D eigenvalue weighted by Gasteiger charge is 2.20. The van der Waals surface area contributed by atoms with Gasteiger partial charge in [0, 0.05) is 12.0 Å². The molecule has 0 spiro atoms. The molecule has 0 aromatic heterocycles. The fraction of sp³-hybridized carbons (Fsp3) is 0.462. The van der Waals surface area contributed by atoms with Gasteiger partial charge in [-0.25, -0.2) is 8.78 Å². The predicted octanol–water partition coefficient (Wildman–Crippen LogP) is 3.09. The van der Waals surface area contributed by atoms with E-state index in [9.17, 15) is 8.78 Å². The maximum absolute atomic E-state index is 13.1. The van der Waals surface area contributed by atoms with Crippen molar-refractivity contribution in [3.63, 3.8) is 0 Å². The molecule has 2 nitrogen and oxygen atoms in total. The van der Waals surface area contributed by atoms with Gasteiger partial charge in [0.2, 0.25) is 0 Å². The van der Waals surface area contributed by atoms with Gasteiger partial charge in [0.1, 0.15) is 0 Å². The zero-order valence-corrected chi connectivity index (χ0v) is 10.1. The average Bonchev–Trinajstić information content (AvgIpc) is 2.28. The Balaban J connectivity index is 2.68. The summed E-state index contributed by atoms with van der Waals surface area (Å²) in [5, 5.41) is 11.6. The van der Waals surface area contributed by atoms with Crippen LogP contribution in [-0.4, -0.2) is 6.54 Å². The maximum Gasteiger partial charge on any atom is 0.159 e. The Bertz CT molecular complexity index is 422. The van der Waals surface area contributed by atoms with Gasteiger partial charge in [-0.05, 0) is 44.5 Å². The second-order valence-electron chi connectivity index (χ2n) is 4.44. The molecular formula is C13H16F2N2. The van der Waals surface area contributed by atoms with Crippen molar-refractivity contribution in [3.05, 3.63) is 35.4 Å². The topological polar surface area (TPSA) is 35.8 Å². The van der Waals surface area contributed by atoms with Crippen LogP contribution in [0.3, 0.4) is 0 Å². The van der Waals surface area contributed by atoms with E-state index in [0.29, 0.717) is 18.5 Å². The van der Waals surface area contributed by atoms with Gasteiger partial charge in [-0.15, -0.1) is 0 Å². The van der Waals surface area contributed by atoms with Gasteiger partial charge in [0.15, 0.2) is 11.6 Å². The molecule has 0 fully saturated rings. The molecule has 0 radical (unpaired) electrons. The second kappa shape index (κ2) is 5.74. The standard InChI is InChI=1S/C13H16F2N2/c1-13(2,17-8-4-3-7-16)10-5-6-11(14)12(15)9-10/h5-6,9,17H,3-4,8H2,1-2H3. The molecule has 1 rings (SSSR count). The fourth-order valence-corrected chi connectivity index (χ4v) is 1.56. The lowest BCUT2D eigenvalue weighted by molar-refractivity contribution is 0.396. The summed E-state index contributed by atoms with van der Waals surface area (Å²) in [7, 11) is 0. The molecule has 1 N–H and O–H groups in total. The van der Waals surface area contributed by atoms with Crippen molar-refractivity contribution in [1.82, 2.24) is 5.32 Å². The summed E-state index contributed by atoms with van der Waals surface area (Å²) in [6, 6.07) is 5.96. The number of rotatable bonds is 5.